The average molecular weight is 473 g/mol. The van der Waals surface area contributed by atoms with Crippen molar-refractivity contribution in [1.29, 1.82) is 0 Å². The predicted octanol–water partition coefficient (Wildman–Crippen LogP) is 2.16. The number of hydrogen-bond acceptors (Lipinski definition) is 8. The van der Waals surface area contributed by atoms with E-state index in [-0.39, 0.29) is 17.5 Å². The van der Waals surface area contributed by atoms with Crippen LogP contribution in [-0.4, -0.2) is 106 Å². The van der Waals surface area contributed by atoms with Gasteiger partial charge in [0.1, 0.15) is 11.9 Å². The number of aromatic hydroxyl groups is 1. The molecule has 0 amide bonds. The molecular weight excluding hydrogens is 432 g/mol. The van der Waals surface area contributed by atoms with Gasteiger partial charge in [0.05, 0.1) is 30.0 Å². The molecule has 1 unspecified atom stereocenters. The number of nitrogens with zero attached hydrogens (tertiary/aromatic N) is 4. The zero-order chi connectivity index (χ0) is 23.5. The van der Waals surface area contributed by atoms with Crippen molar-refractivity contribution < 1.29 is 19.4 Å². The first-order valence-electron chi connectivity index (χ1n) is 13.1. The van der Waals surface area contributed by atoms with Crippen LogP contribution in [0.15, 0.2) is 18.2 Å². The fourth-order valence-corrected chi connectivity index (χ4v) is 6.08. The predicted molar refractivity (Wildman–Crippen MR) is 133 cm³/mol. The number of carbonyl (C=O) groups is 1. The molecule has 8 heteroatoms. The van der Waals surface area contributed by atoms with Crippen LogP contribution in [0.25, 0.3) is 0 Å². The number of carbonyl (C=O) groups excluding carboxylic acids is 1. The van der Waals surface area contributed by atoms with E-state index in [9.17, 15) is 9.90 Å². The maximum absolute atomic E-state index is 12.7. The Morgan fingerprint density at radius 1 is 0.941 bits per heavy atom. The monoisotopic (exact) mass is 472 g/mol. The highest BCUT2D eigenvalue weighted by Crippen LogP contribution is 2.44. The third-order valence-corrected chi connectivity index (χ3v) is 8.38. The Labute approximate surface area is 203 Å². The molecule has 4 fully saturated rings. The maximum atomic E-state index is 12.7. The van der Waals surface area contributed by atoms with Crippen LogP contribution in [0.1, 0.15) is 32.6 Å². The van der Waals surface area contributed by atoms with Crippen LogP contribution in [0.5, 0.6) is 5.75 Å². The molecule has 34 heavy (non-hydrogen) atoms. The number of piperazine rings is 1. The number of hydrogen-bond donors (Lipinski definition) is 1. The van der Waals surface area contributed by atoms with Gasteiger partial charge in [-0.05, 0) is 51.0 Å². The quantitative estimate of drug-likeness (QED) is 0.632. The summed E-state index contributed by atoms with van der Waals surface area (Å²) in [4.78, 5) is 22.4. The summed E-state index contributed by atoms with van der Waals surface area (Å²) >= 11 is 0. The second-order valence-electron chi connectivity index (χ2n) is 10.3. The molecule has 5 rings (SSSR count). The molecule has 0 radical (unpaired) electrons. The van der Waals surface area contributed by atoms with Crippen LogP contribution >= 0.6 is 0 Å². The van der Waals surface area contributed by atoms with Crippen molar-refractivity contribution in [2.75, 3.05) is 88.5 Å². The van der Waals surface area contributed by atoms with E-state index in [1.54, 1.807) is 6.07 Å². The summed E-state index contributed by atoms with van der Waals surface area (Å²) in [6, 6.07) is 5.74. The fourth-order valence-electron chi connectivity index (χ4n) is 6.08. The molecule has 0 bridgehead atoms. The lowest BCUT2D eigenvalue weighted by atomic mass is 9.76. The van der Waals surface area contributed by atoms with Gasteiger partial charge in [0, 0.05) is 58.3 Å². The number of anilines is 2. The third kappa shape index (κ3) is 4.99. The Morgan fingerprint density at radius 3 is 2.35 bits per heavy atom. The summed E-state index contributed by atoms with van der Waals surface area (Å²) in [5.74, 6) is 0.370. The van der Waals surface area contributed by atoms with E-state index in [1.165, 1.54) is 5.69 Å². The van der Waals surface area contributed by atoms with E-state index in [1.807, 2.05) is 6.07 Å². The minimum absolute atomic E-state index is 0.0565. The van der Waals surface area contributed by atoms with Gasteiger partial charge in [-0.25, -0.2) is 0 Å². The number of benzene rings is 1. The lowest BCUT2D eigenvalue weighted by Gasteiger charge is -2.39. The van der Waals surface area contributed by atoms with E-state index in [2.05, 4.69) is 32.6 Å². The molecule has 0 aliphatic carbocycles. The van der Waals surface area contributed by atoms with Gasteiger partial charge >= 0.3 is 5.97 Å². The second kappa shape index (κ2) is 10.3. The molecule has 1 aromatic rings. The number of phenolic OH excluding ortho intramolecular Hbond substituents is 1. The number of cyclic esters (lactones) is 1. The summed E-state index contributed by atoms with van der Waals surface area (Å²) in [6.07, 6.45) is 3.81. The van der Waals surface area contributed by atoms with Crippen molar-refractivity contribution >= 4 is 17.3 Å². The molecule has 188 valence electrons. The molecular formula is C26H40N4O4. The second-order valence-corrected chi connectivity index (χ2v) is 10.3. The van der Waals surface area contributed by atoms with Crippen LogP contribution in [0.2, 0.25) is 0 Å². The molecule has 4 aliphatic rings. The Hall–Kier alpha value is -2.03. The minimum atomic E-state index is -0.218. The molecule has 1 atom stereocenters. The van der Waals surface area contributed by atoms with E-state index in [0.717, 1.165) is 110 Å². The van der Waals surface area contributed by atoms with Crippen molar-refractivity contribution in [3.63, 3.8) is 0 Å². The number of ether oxygens (including phenoxy) is 2. The highest BCUT2D eigenvalue weighted by atomic mass is 16.6. The van der Waals surface area contributed by atoms with Crippen LogP contribution in [0.4, 0.5) is 11.4 Å². The van der Waals surface area contributed by atoms with Gasteiger partial charge in [-0.1, -0.05) is 6.92 Å². The van der Waals surface area contributed by atoms with E-state index in [0.29, 0.717) is 5.75 Å². The summed E-state index contributed by atoms with van der Waals surface area (Å²) in [5, 5.41) is 10.1. The number of piperidine rings is 1. The first kappa shape index (κ1) is 23.7. The van der Waals surface area contributed by atoms with E-state index < -0.39 is 0 Å². The SMILES string of the molecule is CCN1CCC2(CC1)CC(CCN1CCN(c3ccc(O)cc3N3CCOCC3)CC1)OC2=O. The van der Waals surface area contributed by atoms with Crippen molar-refractivity contribution in [2.24, 2.45) is 5.41 Å². The molecule has 4 aliphatic heterocycles. The van der Waals surface area contributed by atoms with Crippen LogP contribution in [-0.2, 0) is 14.3 Å². The molecule has 1 N–H and O–H groups in total. The van der Waals surface area contributed by atoms with E-state index in [4.69, 9.17) is 9.47 Å². The molecule has 8 nitrogen and oxygen atoms in total. The first-order valence-corrected chi connectivity index (χ1v) is 13.1. The van der Waals surface area contributed by atoms with Gasteiger partial charge in [0.2, 0.25) is 0 Å². The van der Waals surface area contributed by atoms with Gasteiger partial charge in [-0.2, -0.15) is 0 Å². The molecule has 4 heterocycles. The highest BCUT2D eigenvalue weighted by molar-refractivity contribution is 5.79. The number of rotatable bonds is 6. The molecule has 1 spiro atoms. The van der Waals surface area contributed by atoms with Crippen LogP contribution in [0.3, 0.4) is 0 Å². The molecule has 0 aromatic heterocycles. The number of likely N-dealkylation sites (tertiary alicyclic amines) is 1. The Morgan fingerprint density at radius 2 is 1.65 bits per heavy atom. The molecule has 0 saturated carbocycles. The van der Waals surface area contributed by atoms with Gasteiger partial charge in [0.15, 0.2) is 0 Å². The molecule has 1 aromatic carbocycles. The van der Waals surface area contributed by atoms with Crippen LogP contribution in [0, 0.1) is 5.41 Å². The molecule has 4 saturated heterocycles. The number of morpholine rings is 1. The van der Waals surface area contributed by atoms with Crippen LogP contribution < -0.4 is 9.80 Å². The summed E-state index contributed by atoms with van der Waals surface area (Å²) in [7, 11) is 0. The van der Waals surface area contributed by atoms with Gasteiger partial charge in [0.25, 0.3) is 0 Å². The lowest BCUT2D eigenvalue weighted by Crippen LogP contribution is -2.47. The normalized spacial score (nSPS) is 26.3. The minimum Gasteiger partial charge on any atom is -0.508 e. The number of esters is 1. The maximum Gasteiger partial charge on any atom is 0.312 e. The van der Waals surface area contributed by atoms with Gasteiger partial charge in [-0.3, -0.25) is 9.69 Å². The number of phenols is 1. The van der Waals surface area contributed by atoms with Crippen molar-refractivity contribution in [2.45, 2.75) is 38.7 Å². The summed E-state index contributed by atoms with van der Waals surface area (Å²) in [6.45, 7) is 13.4. The smallest absolute Gasteiger partial charge is 0.312 e. The first-order chi connectivity index (χ1) is 16.6. The highest BCUT2D eigenvalue weighted by Gasteiger charge is 2.50. The topological polar surface area (TPSA) is 68.7 Å². The van der Waals surface area contributed by atoms with Gasteiger partial charge in [-0.15, -0.1) is 0 Å². The Bertz CT molecular complexity index is 843. The van der Waals surface area contributed by atoms with Crippen molar-refractivity contribution in [1.82, 2.24) is 9.80 Å². The van der Waals surface area contributed by atoms with Crippen molar-refractivity contribution in [3.8, 4) is 5.75 Å². The standard InChI is InChI=1S/C26H40N4O4/c1-2-27-9-6-26(7-10-27)20-22(34-25(26)32)5-8-28-11-13-29(14-12-28)23-4-3-21(31)19-24(23)30-15-17-33-18-16-30/h3-4,19,22,31H,2,5-18,20H2,1H3. The largest absolute Gasteiger partial charge is 0.508 e. The Kier molecular flexibility index (Phi) is 7.18. The Balaban J connectivity index is 1.12. The third-order valence-electron chi connectivity index (χ3n) is 8.38. The van der Waals surface area contributed by atoms with E-state index >= 15 is 0 Å². The zero-order valence-electron chi connectivity index (χ0n) is 20.6. The summed E-state index contributed by atoms with van der Waals surface area (Å²) < 4.78 is 11.4. The lowest BCUT2D eigenvalue weighted by molar-refractivity contribution is -0.151. The fraction of sp³-hybridized carbons (Fsp3) is 0.731. The average Bonchev–Trinajstić information content (AvgIpc) is 3.18. The van der Waals surface area contributed by atoms with Crippen molar-refractivity contribution in [3.05, 3.63) is 18.2 Å². The van der Waals surface area contributed by atoms with Gasteiger partial charge < -0.3 is 29.3 Å². The summed E-state index contributed by atoms with van der Waals surface area (Å²) in [5.41, 5.74) is 2.09. The zero-order valence-corrected chi connectivity index (χ0v) is 20.6.